The van der Waals surface area contributed by atoms with E-state index in [9.17, 15) is 0 Å². The van der Waals surface area contributed by atoms with Crippen molar-refractivity contribution in [1.82, 2.24) is 0 Å². The Hall–Kier alpha value is -6.91. The third-order valence-electron chi connectivity index (χ3n) is 15.5. The molecule has 4 aliphatic rings. The van der Waals surface area contributed by atoms with Crippen molar-refractivity contribution < 1.29 is 9.30 Å². The summed E-state index contributed by atoms with van der Waals surface area (Å²) in [6.07, 6.45) is 3.09. The van der Waals surface area contributed by atoms with Gasteiger partial charge in [0.25, 0.3) is 0 Å². The molecule has 4 nitrogen and oxygen atoms in total. The van der Waals surface area contributed by atoms with Crippen molar-refractivity contribution in [3.05, 3.63) is 197 Å². The molecule has 0 amide bonds. The Morgan fingerprint density at radius 3 is 1.93 bits per heavy atom. The van der Waals surface area contributed by atoms with Gasteiger partial charge in [0.1, 0.15) is 17.5 Å². The van der Waals surface area contributed by atoms with Gasteiger partial charge in [-0.05, 0) is 105 Å². The molecule has 12 rings (SSSR count). The number of pyridine rings is 1. The van der Waals surface area contributed by atoms with Gasteiger partial charge in [-0.3, -0.25) is 0 Å². The molecule has 0 N–H and O–H groups in total. The standard InChI is InChI=1S/C63H60N3O/c1-11-62(9,10)45-29-30-53(48(36-45)42-21-16-13-17-22-42)65-54-24-18-23-47-49-33-44(40-19-14-12-15-20-40)34-50-55-35-43(41-27-25-39(2)26-28-41)31-32-64(55)63(56(49)50)66(57(47)54)59(65)51-37-46(60(3,4)5)38-52(58(51)67-63)61(6,7)8/h12-38,59H,11H2,1-10H3/q+1. The SMILES string of the molecule is CCC(C)(C)c1ccc(N2c3cccc4c3N3C2c2cc(C(C)(C)C)cc(C(C)(C)C)c2OC32c3c-4cc(-c4ccccc4)cc3-c3cc(-c4ccc(C)cc4)cc[n+]32)c(-c2ccccc2)c1. The fraction of sp³-hybridized carbons (Fsp3) is 0.254. The number of benzene rings is 7. The van der Waals surface area contributed by atoms with E-state index in [-0.39, 0.29) is 22.4 Å². The predicted molar refractivity (Wildman–Crippen MR) is 277 cm³/mol. The largest absolute Gasteiger partial charge is 0.432 e. The monoisotopic (exact) mass is 874 g/mol. The molecular formula is C63H60N3O+. The van der Waals surface area contributed by atoms with Gasteiger partial charge in [0.15, 0.2) is 6.20 Å². The average molecular weight is 875 g/mol. The number of hydrogen-bond donors (Lipinski definition) is 0. The lowest BCUT2D eigenvalue weighted by atomic mass is 9.77. The topological polar surface area (TPSA) is 19.6 Å². The van der Waals surface area contributed by atoms with E-state index in [1.54, 1.807) is 0 Å². The van der Waals surface area contributed by atoms with Crippen molar-refractivity contribution in [3.63, 3.8) is 0 Å². The molecule has 0 aliphatic carbocycles. The summed E-state index contributed by atoms with van der Waals surface area (Å²) in [5, 5.41) is 0. The fourth-order valence-corrected chi connectivity index (χ4v) is 11.3. The zero-order valence-corrected chi connectivity index (χ0v) is 40.6. The Kier molecular flexibility index (Phi) is 8.86. The molecule has 0 saturated heterocycles. The summed E-state index contributed by atoms with van der Waals surface area (Å²) >= 11 is 0. The van der Waals surface area contributed by atoms with Gasteiger partial charge in [-0.25, -0.2) is 4.90 Å². The highest BCUT2D eigenvalue weighted by Crippen LogP contribution is 2.68. The normalized spacial score (nSPS) is 17.4. The number of anilines is 3. The molecule has 2 atom stereocenters. The number of fused-ring (bicyclic) bond motifs is 5. The minimum atomic E-state index is -1.06. The maximum absolute atomic E-state index is 8.21. The molecule has 1 spiro atoms. The maximum atomic E-state index is 8.21. The van der Waals surface area contributed by atoms with E-state index in [2.05, 4.69) is 248 Å². The molecule has 2 unspecified atom stereocenters. The molecule has 332 valence electrons. The van der Waals surface area contributed by atoms with Crippen molar-refractivity contribution in [2.75, 3.05) is 9.80 Å². The highest BCUT2D eigenvalue weighted by molar-refractivity contribution is 6.03. The first-order valence-electron chi connectivity index (χ1n) is 24.3. The van der Waals surface area contributed by atoms with E-state index in [0.717, 1.165) is 17.9 Å². The molecule has 7 aromatic carbocycles. The first-order chi connectivity index (χ1) is 32.1. The molecule has 0 bridgehead atoms. The fourth-order valence-electron chi connectivity index (χ4n) is 11.3. The van der Waals surface area contributed by atoms with Crippen LogP contribution in [0.4, 0.5) is 17.1 Å². The summed E-state index contributed by atoms with van der Waals surface area (Å²) in [6.45, 7) is 23.3. The van der Waals surface area contributed by atoms with Gasteiger partial charge in [0, 0.05) is 39.9 Å². The van der Waals surface area contributed by atoms with Crippen LogP contribution < -0.4 is 19.1 Å². The van der Waals surface area contributed by atoms with Gasteiger partial charge < -0.3 is 9.64 Å². The van der Waals surface area contributed by atoms with Crippen molar-refractivity contribution in [2.24, 2.45) is 0 Å². The van der Waals surface area contributed by atoms with Crippen LogP contribution in [0.2, 0.25) is 0 Å². The number of nitrogens with zero attached hydrogens (tertiary/aromatic N) is 3. The average Bonchev–Trinajstić information content (AvgIpc) is 3.82. The summed E-state index contributed by atoms with van der Waals surface area (Å²) in [5.41, 5.74) is 22.7. The van der Waals surface area contributed by atoms with Gasteiger partial charge in [0.2, 0.25) is 5.69 Å². The van der Waals surface area contributed by atoms with Crippen LogP contribution in [-0.4, -0.2) is 0 Å². The Labute approximate surface area is 397 Å². The van der Waals surface area contributed by atoms with Crippen LogP contribution in [0.3, 0.4) is 0 Å². The number of ether oxygens (including phenoxy) is 1. The number of rotatable bonds is 6. The highest BCUT2D eigenvalue weighted by Gasteiger charge is 2.70. The lowest BCUT2D eigenvalue weighted by molar-refractivity contribution is -0.774. The van der Waals surface area contributed by atoms with Crippen molar-refractivity contribution in [2.45, 2.75) is 104 Å². The van der Waals surface area contributed by atoms with E-state index in [0.29, 0.717) is 0 Å². The summed E-state index contributed by atoms with van der Waals surface area (Å²) in [7, 11) is 0. The Morgan fingerprint density at radius 1 is 0.552 bits per heavy atom. The quantitative estimate of drug-likeness (QED) is 0.155. The van der Waals surface area contributed by atoms with Crippen LogP contribution >= 0.6 is 0 Å². The molecule has 8 aromatic rings. The predicted octanol–water partition coefficient (Wildman–Crippen LogP) is 15.9. The summed E-state index contributed by atoms with van der Waals surface area (Å²) in [6, 6.07) is 59.6. The van der Waals surface area contributed by atoms with Crippen molar-refractivity contribution in [1.29, 1.82) is 0 Å². The molecule has 0 fully saturated rings. The van der Waals surface area contributed by atoms with E-state index < -0.39 is 5.85 Å². The van der Waals surface area contributed by atoms with E-state index in [1.165, 1.54) is 101 Å². The third-order valence-corrected chi connectivity index (χ3v) is 15.5. The Balaban J connectivity index is 1.23. The van der Waals surface area contributed by atoms with Crippen LogP contribution in [0.1, 0.15) is 108 Å². The number of aromatic nitrogens is 1. The first-order valence-corrected chi connectivity index (χ1v) is 24.3. The number of para-hydroxylation sites is 1. The second kappa shape index (κ2) is 14.3. The zero-order valence-electron chi connectivity index (χ0n) is 40.6. The molecule has 5 heterocycles. The van der Waals surface area contributed by atoms with Gasteiger partial charge in [-0.2, -0.15) is 0 Å². The van der Waals surface area contributed by atoms with Gasteiger partial charge >= 0.3 is 5.85 Å². The van der Waals surface area contributed by atoms with Crippen LogP contribution in [0, 0.1) is 6.92 Å². The van der Waals surface area contributed by atoms with Crippen LogP contribution in [0.15, 0.2) is 164 Å². The van der Waals surface area contributed by atoms with Crippen LogP contribution in [0.5, 0.6) is 5.75 Å². The molecule has 0 radical (unpaired) electrons. The lowest BCUT2D eigenvalue weighted by Crippen LogP contribution is -2.71. The number of aryl methyl sites for hydroxylation is 1. The second-order valence-corrected chi connectivity index (χ2v) is 22.1. The van der Waals surface area contributed by atoms with Crippen molar-refractivity contribution in [3.8, 4) is 61.5 Å². The molecule has 1 aromatic heterocycles. The molecular weight excluding hydrogens is 815 g/mol. The Bertz CT molecular complexity index is 3320. The zero-order chi connectivity index (χ0) is 46.4. The summed E-state index contributed by atoms with van der Waals surface area (Å²) in [5.74, 6) is -0.0865. The first kappa shape index (κ1) is 41.5. The highest BCUT2D eigenvalue weighted by atomic mass is 16.5. The van der Waals surface area contributed by atoms with Crippen LogP contribution in [-0.2, 0) is 22.1 Å². The summed E-state index contributed by atoms with van der Waals surface area (Å²) in [4.78, 5) is 5.35. The second-order valence-electron chi connectivity index (χ2n) is 22.1. The summed E-state index contributed by atoms with van der Waals surface area (Å²) < 4.78 is 10.7. The maximum Gasteiger partial charge on any atom is 0.432 e. The van der Waals surface area contributed by atoms with Crippen molar-refractivity contribution >= 4 is 17.1 Å². The smallest absolute Gasteiger partial charge is 0.410 e. The Morgan fingerprint density at radius 2 is 1.24 bits per heavy atom. The van der Waals surface area contributed by atoms with E-state index in [4.69, 9.17) is 4.74 Å². The molecule has 4 heteroatoms. The molecule has 67 heavy (non-hydrogen) atoms. The van der Waals surface area contributed by atoms with E-state index >= 15 is 0 Å². The molecule has 0 saturated carbocycles. The van der Waals surface area contributed by atoms with E-state index in [1.807, 2.05) is 0 Å². The van der Waals surface area contributed by atoms with Gasteiger partial charge in [-0.1, -0.05) is 177 Å². The van der Waals surface area contributed by atoms with Gasteiger partial charge in [0.05, 0.1) is 22.6 Å². The molecule has 4 aliphatic heterocycles. The van der Waals surface area contributed by atoms with Gasteiger partial charge in [-0.15, -0.1) is 4.57 Å². The number of hydrogen-bond acceptors (Lipinski definition) is 3. The lowest BCUT2D eigenvalue weighted by Gasteiger charge is -2.49. The third kappa shape index (κ3) is 6.00. The minimum Gasteiger partial charge on any atom is -0.410 e. The minimum absolute atomic E-state index is 0.00178. The van der Waals surface area contributed by atoms with Crippen LogP contribution in [0.25, 0.3) is 55.8 Å².